The van der Waals surface area contributed by atoms with Crippen molar-refractivity contribution in [2.45, 2.75) is 108 Å². The quantitative estimate of drug-likeness (QED) is 0.323. The maximum absolute atomic E-state index is 14.1. The largest absolute Gasteiger partial charge is 0.450 e. The number of amides is 4. The molecule has 5 rings (SSSR count). The number of fused-ring (bicyclic) bond motifs is 1. The monoisotopic (exact) mass is 688 g/mol. The maximum atomic E-state index is 14.1. The number of rotatable bonds is 9. The summed E-state index contributed by atoms with van der Waals surface area (Å²) < 4.78 is 40.0. The second-order valence-electron chi connectivity index (χ2n) is 12.2. The summed E-state index contributed by atoms with van der Waals surface area (Å²) in [6.07, 6.45) is 8.74. The fraction of sp³-hybridized carbons (Fsp3) is 0.576. The van der Waals surface area contributed by atoms with Gasteiger partial charge in [0.1, 0.15) is 5.00 Å². The Kier molecular flexibility index (Phi) is 11.6. The number of hydrogen-bond donors (Lipinski definition) is 2. The SMILES string of the molecule is CCOC(=O)NC(=O)c1c(NC(=O)c2ccc(S(=O)(=O)N(C3CCCCC3)C3CCCCC3)cc2)sc2c1CCN(C(=O)OCC)C2. The first kappa shape index (κ1) is 34.8. The molecule has 256 valence electrons. The molecule has 0 saturated heterocycles. The average molecular weight is 689 g/mol. The summed E-state index contributed by atoms with van der Waals surface area (Å²) in [4.78, 5) is 53.6. The van der Waals surface area contributed by atoms with Crippen LogP contribution in [0.15, 0.2) is 29.2 Å². The van der Waals surface area contributed by atoms with Crippen molar-refractivity contribution in [3.63, 3.8) is 0 Å². The first-order valence-corrected chi connectivity index (χ1v) is 18.9. The van der Waals surface area contributed by atoms with Crippen LogP contribution in [0.5, 0.6) is 0 Å². The summed E-state index contributed by atoms with van der Waals surface area (Å²) in [5, 5.41) is 5.22. The van der Waals surface area contributed by atoms with Crippen molar-refractivity contribution in [2.24, 2.45) is 0 Å². The van der Waals surface area contributed by atoms with E-state index in [1.54, 1.807) is 18.2 Å². The van der Waals surface area contributed by atoms with Crippen molar-refractivity contribution in [2.75, 3.05) is 25.1 Å². The van der Waals surface area contributed by atoms with E-state index in [0.717, 1.165) is 75.5 Å². The van der Waals surface area contributed by atoms with Crippen molar-refractivity contribution in [3.8, 4) is 0 Å². The number of alkyl carbamates (subject to hydrolysis) is 1. The number of hydrogen-bond acceptors (Lipinski definition) is 9. The molecule has 0 bridgehead atoms. The van der Waals surface area contributed by atoms with Gasteiger partial charge in [-0.15, -0.1) is 11.3 Å². The van der Waals surface area contributed by atoms with E-state index in [4.69, 9.17) is 9.47 Å². The fourth-order valence-corrected chi connectivity index (χ4v) is 10.0. The van der Waals surface area contributed by atoms with Crippen LogP contribution >= 0.6 is 11.3 Å². The highest BCUT2D eigenvalue weighted by molar-refractivity contribution is 7.89. The van der Waals surface area contributed by atoms with Crippen molar-refractivity contribution >= 4 is 50.4 Å². The third kappa shape index (κ3) is 7.98. The zero-order chi connectivity index (χ0) is 33.6. The molecule has 4 amide bonds. The molecule has 12 nitrogen and oxygen atoms in total. The lowest BCUT2D eigenvalue weighted by atomic mass is 9.91. The van der Waals surface area contributed by atoms with E-state index in [1.807, 2.05) is 0 Å². The summed E-state index contributed by atoms with van der Waals surface area (Å²) >= 11 is 1.14. The van der Waals surface area contributed by atoms with Crippen LogP contribution in [-0.2, 0) is 32.5 Å². The molecule has 0 spiro atoms. The van der Waals surface area contributed by atoms with E-state index < -0.39 is 34.0 Å². The van der Waals surface area contributed by atoms with Crippen LogP contribution in [-0.4, -0.2) is 73.5 Å². The zero-order valence-electron chi connectivity index (χ0n) is 27.0. The lowest BCUT2D eigenvalue weighted by Gasteiger charge is -2.40. The number of imide groups is 1. The van der Waals surface area contributed by atoms with Gasteiger partial charge in [0.15, 0.2) is 0 Å². The van der Waals surface area contributed by atoms with E-state index in [9.17, 15) is 27.6 Å². The number of thiophene rings is 1. The lowest BCUT2D eigenvalue weighted by molar-refractivity contribution is 0.0924. The molecule has 0 unspecified atom stereocenters. The molecule has 0 radical (unpaired) electrons. The van der Waals surface area contributed by atoms with Crippen LogP contribution in [0, 0.1) is 0 Å². The Balaban J connectivity index is 1.38. The van der Waals surface area contributed by atoms with Gasteiger partial charge >= 0.3 is 12.2 Å². The Labute approximate surface area is 280 Å². The Morgan fingerprint density at radius 2 is 1.47 bits per heavy atom. The highest BCUT2D eigenvalue weighted by Gasteiger charge is 2.38. The molecular weight excluding hydrogens is 645 g/mol. The minimum absolute atomic E-state index is 0.0105. The van der Waals surface area contributed by atoms with Gasteiger partial charge in [0.05, 0.1) is 30.2 Å². The molecule has 1 aromatic heterocycles. The summed E-state index contributed by atoms with van der Waals surface area (Å²) in [5.41, 5.74) is 0.964. The molecule has 2 N–H and O–H groups in total. The van der Waals surface area contributed by atoms with Crippen LogP contribution < -0.4 is 10.6 Å². The molecule has 2 aliphatic carbocycles. The number of ether oxygens (including phenoxy) is 2. The third-order valence-electron chi connectivity index (χ3n) is 9.09. The summed E-state index contributed by atoms with van der Waals surface area (Å²) in [6, 6.07) is 5.90. The summed E-state index contributed by atoms with van der Waals surface area (Å²) in [7, 11) is -3.79. The lowest BCUT2D eigenvalue weighted by Crippen LogP contribution is -2.48. The van der Waals surface area contributed by atoms with Crippen LogP contribution in [0.3, 0.4) is 0 Å². The Morgan fingerprint density at radius 1 is 0.872 bits per heavy atom. The van der Waals surface area contributed by atoms with Gasteiger partial charge < -0.3 is 19.7 Å². The van der Waals surface area contributed by atoms with Gasteiger partial charge in [-0.25, -0.2) is 18.0 Å². The summed E-state index contributed by atoms with van der Waals surface area (Å²) in [6.45, 7) is 4.11. The number of benzene rings is 1. The second-order valence-corrected chi connectivity index (χ2v) is 15.1. The van der Waals surface area contributed by atoms with E-state index in [1.165, 1.54) is 29.2 Å². The predicted molar refractivity (Wildman–Crippen MR) is 177 cm³/mol. The van der Waals surface area contributed by atoms with Gasteiger partial charge in [-0.1, -0.05) is 38.5 Å². The fourth-order valence-electron chi connectivity index (χ4n) is 6.86. The van der Waals surface area contributed by atoms with Crippen LogP contribution in [0.4, 0.5) is 14.6 Å². The van der Waals surface area contributed by atoms with Gasteiger partial charge in [0.25, 0.3) is 11.8 Å². The smallest absolute Gasteiger partial charge is 0.414 e. The number of sulfonamides is 1. The van der Waals surface area contributed by atoms with Gasteiger partial charge in [0.2, 0.25) is 10.0 Å². The molecule has 14 heteroatoms. The van der Waals surface area contributed by atoms with E-state index >= 15 is 0 Å². The Morgan fingerprint density at radius 3 is 2.04 bits per heavy atom. The minimum atomic E-state index is -3.79. The molecule has 0 atom stereocenters. The molecule has 1 aromatic carbocycles. The van der Waals surface area contributed by atoms with Crippen molar-refractivity contribution in [3.05, 3.63) is 45.8 Å². The van der Waals surface area contributed by atoms with Crippen LogP contribution in [0.25, 0.3) is 0 Å². The molecule has 2 heterocycles. The zero-order valence-corrected chi connectivity index (χ0v) is 28.7. The van der Waals surface area contributed by atoms with Gasteiger partial charge in [-0.2, -0.15) is 4.31 Å². The molecule has 1 aliphatic heterocycles. The first-order valence-electron chi connectivity index (χ1n) is 16.6. The molecule has 2 aromatic rings. The van der Waals surface area contributed by atoms with Crippen molar-refractivity contribution in [1.29, 1.82) is 0 Å². The molecular formula is C33H44N4O8S2. The van der Waals surface area contributed by atoms with Crippen molar-refractivity contribution < 1.29 is 37.1 Å². The van der Waals surface area contributed by atoms with Crippen molar-refractivity contribution in [1.82, 2.24) is 14.5 Å². The normalized spacial score (nSPS) is 17.6. The number of nitrogens with zero attached hydrogens (tertiary/aromatic N) is 2. The number of anilines is 1. The van der Waals surface area contributed by atoms with E-state index in [0.29, 0.717) is 23.4 Å². The Bertz CT molecular complexity index is 1540. The predicted octanol–water partition coefficient (Wildman–Crippen LogP) is 6.06. The van der Waals surface area contributed by atoms with Gasteiger partial charge in [-0.05, 0) is 75.8 Å². The summed E-state index contributed by atoms with van der Waals surface area (Å²) in [5.74, 6) is -1.27. The molecule has 2 fully saturated rings. The topological polar surface area (TPSA) is 151 Å². The van der Waals surface area contributed by atoms with E-state index in [2.05, 4.69) is 10.6 Å². The maximum Gasteiger partial charge on any atom is 0.414 e. The third-order valence-corrected chi connectivity index (χ3v) is 12.2. The highest BCUT2D eigenvalue weighted by Crippen LogP contribution is 2.38. The van der Waals surface area contributed by atoms with Gasteiger partial charge in [0, 0.05) is 29.1 Å². The molecule has 2 saturated carbocycles. The Hall–Kier alpha value is -3.49. The number of carbonyl (C=O) groups excluding carboxylic acids is 4. The minimum Gasteiger partial charge on any atom is -0.450 e. The highest BCUT2D eigenvalue weighted by atomic mass is 32.2. The molecule has 3 aliphatic rings. The van der Waals surface area contributed by atoms with Gasteiger partial charge in [-0.3, -0.25) is 14.9 Å². The second kappa shape index (κ2) is 15.6. The number of carbonyl (C=O) groups is 4. The number of nitrogens with one attached hydrogen (secondary N) is 2. The van der Waals surface area contributed by atoms with Crippen LogP contribution in [0.1, 0.15) is 109 Å². The van der Waals surface area contributed by atoms with E-state index in [-0.39, 0.29) is 52.9 Å². The average Bonchev–Trinajstić information content (AvgIpc) is 3.43. The first-order chi connectivity index (χ1) is 22.6. The standard InChI is InChI=1S/C33H44N4O8S2/c1-3-44-32(40)35-30(39)28-26-19-20-36(33(41)45-4-2)21-27(26)46-31(28)34-29(38)22-15-17-25(18-16-22)47(42,43)37(23-11-7-5-8-12-23)24-13-9-6-10-14-24/h15-18,23-24H,3-14,19-21H2,1-2H3,(H,34,38)(H,35,39,40). The van der Waals surface area contributed by atoms with Crippen LogP contribution in [0.2, 0.25) is 0 Å². The molecule has 47 heavy (non-hydrogen) atoms.